The SMILES string of the molecule is C[C@H](OC(=O)c1cc2ccccc2cc1O)C(=O)Nc1cccc(C#N)c1. The van der Waals surface area contributed by atoms with Gasteiger partial charge in [-0.05, 0) is 48.0 Å². The van der Waals surface area contributed by atoms with Gasteiger partial charge in [0.2, 0.25) is 0 Å². The highest BCUT2D eigenvalue weighted by molar-refractivity contribution is 6.01. The second-order valence-corrected chi connectivity index (χ2v) is 5.95. The Hall–Kier alpha value is -3.85. The molecule has 3 rings (SSSR count). The molecule has 0 bridgehead atoms. The molecule has 0 saturated carbocycles. The largest absolute Gasteiger partial charge is 0.507 e. The third-order valence-corrected chi connectivity index (χ3v) is 4.00. The Balaban J connectivity index is 1.72. The molecule has 0 aliphatic rings. The van der Waals surface area contributed by atoms with E-state index in [2.05, 4.69) is 5.32 Å². The topological polar surface area (TPSA) is 99.4 Å². The quantitative estimate of drug-likeness (QED) is 0.693. The van der Waals surface area contributed by atoms with Crippen molar-refractivity contribution in [2.24, 2.45) is 0 Å². The van der Waals surface area contributed by atoms with Crippen LogP contribution in [0.15, 0.2) is 60.7 Å². The first-order chi connectivity index (χ1) is 13.0. The monoisotopic (exact) mass is 360 g/mol. The number of rotatable bonds is 4. The molecule has 0 aliphatic carbocycles. The van der Waals surface area contributed by atoms with Crippen molar-refractivity contribution >= 4 is 28.3 Å². The van der Waals surface area contributed by atoms with Gasteiger partial charge in [-0.2, -0.15) is 5.26 Å². The summed E-state index contributed by atoms with van der Waals surface area (Å²) in [6.45, 7) is 1.43. The number of fused-ring (bicyclic) bond motifs is 1. The summed E-state index contributed by atoms with van der Waals surface area (Å²) in [5, 5.41) is 23.1. The zero-order valence-electron chi connectivity index (χ0n) is 14.5. The third-order valence-electron chi connectivity index (χ3n) is 4.00. The van der Waals surface area contributed by atoms with Gasteiger partial charge in [0.05, 0.1) is 11.6 Å². The number of nitrogens with one attached hydrogen (secondary N) is 1. The Bertz CT molecular complexity index is 1070. The van der Waals surface area contributed by atoms with E-state index in [1.54, 1.807) is 18.2 Å². The molecule has 0 radical (unpaired) electrons. The molecule has 27 heavy (non-hydrogen) atoms. The second kappa shape index (κ2) is 7.58. The molecule has 0 aliphatic heterocycles. The minimum absolute atomic E-state index is 0.0140. The van der Waals surface area contributed by atoms with Crippen molar-refractivity contribution in [3.05, 3.63) is 71.8 Å². The maximum atomic E-state index is 12.4. The number of hydrogen-bond donors (Lipinski definition) is 2. The zero-order valence-corrected chi connectivity index (χ0v) is 14.5. The zero-order chi connectivity index (χ0) is 19.4. The Morgan fingerprint density at radius 2 is 1.78 bits per heavy atom. The maximum absolute atomic E-state index is 12.4. The molecule has 0 saturated heterocycles. The normalized spacial score (nSPS) is 11.4. The highest BCUT2D eigenvalue weighted by Crippen LogP contribution is 2.26. The summed E-state index contributed by atoms with van der Waals surface area (Å²) in [7, 11) is 0. The molecule has 0 spiro atoms. The van der Waals surface area contributed by atoms with Gasteiger partial charge in [-0.3, -0.25) is 4.79 Å². The molecule has 2 N–H and O–H groups in total. The van der Waals surface area contributed by atoms with Crippen LogP contribution >= 0.6 is 0 Å². The van der Waals surface area contributed by atoms with Crippen LogP contribution in [-0.2, 0) is 9.53 Å². The number of anilines is 1. The van der Waals surface area contributed by atoms with Crippen LogP contribution in [0.5, 0.6) is 5.75 Å². The molecule has 6 nitrogen and oxygen atoms in total. The van der Waals surface area contributed by atoms with E-state index < -0.39 is 18.0 Å². The van der Waals surface area contributed by atoms with Crippen LogP contribution < -0.4 is 5.32 Å². The first-order valence-corrected chi connectivity index (χ1v) is 8.21. The first kappa shape index (κ1) is 18.0. The van der Waals surface area contributed by atoms with E-state index in [1.165, 1.54) is 25.1 Å². The molecule has 0 aromatic heterocycles. The smallest absolute Gasteiger partial charge is 0.342 e. The lowest BCUT2D eigenvalue weighted by molar-refractivity contribution is -0.123. The maximum Gasteiger partial charge on any atom is 0.342 e. The summed E-state index contributed by atoms with van der Waals surface area (Å²) in [4.78, 5) is 24.6. The summed E-state index contributed by atoms with van der Waals surface area (Å²) in [6, 6.07) is 18.6. The number of phenols is 1. The third kappa shape index (κ3) is 4.05. The van der Waals surface area contributed by atoms with Gasteiger partial charge in [0, 0.05) is 5.69 Å². The number of nitrogens with zero attached hydrogens (tertiary/aromatic N) is 1. The number of nitriles is 1. The summed E-state index contributed by atoms with van der Waals surface area (Å²) in [6.07, 6.45) is -1.09. The average molecular weight is 360 g/mol. The number of esters is 1. The molecule has 3 aromatic carbocycles. The molecular weight excluding hydrogens is 344 g/mol. The van der Waals surface area contributed by atoms with Crippen LogP contribution in [0.2, 0.25) is 0 Å². The van der Waals surface area contributed by atoms with Crippen LogP contribution in [0.4, 0.5) is 5.69 Å². The van der Waals surface area contributed by atoms with Gasteiger partial charge >= 0.3 is 5.97 Å². The number of carbonyl (C=O) groups is 2. The Morgan fingerprint density at radius 3 is 2.48 bits per heavy atom. The minimum Gasteiger partial charge on any atom is -0.507 e. The number of carbonyl (C=O) groups excluding carboxylic acids is 2. The summed E-state index contributed by atoms with van der Waals surface area (Å²) < 4.78 is 5.18. The van der Waals surface area contributed by atoms with E-state index in [0.29, 0.717) is 11.3 Å². The van der Waals surface area contributed by atoms with Crippen LogP contribution in [0.3, 0.4) is 0 Å². The van der Waals surface area contributed by atoms with Crippen molar-refractivity contribution in [2.45, 2.75) is 13.0 Å². The lowest BCUT2D eigenvalue weighted by Gasteiger charge is -2.14. The number of benzene rings is 3. The molecule has 6 heteroatoms. The predicted octanol–water partition coefficient (Wildman–Crippen LogP) is 3.60. The average Bonchev–Trinajstić information content (AvgIpc) is 2.67. The molecule has 0 heterocycles. The van der Waals surface area contributed by atoms with Crippen LogP contribution in [-0.4, -0.2) is 23.1 Å². The van der Waals surface area contributed by atoms with E-state index in [-0.39, 0.29) is 11.3 Å². The highest BCUT2D eigenvalue weighted by Gasteiger charge is 2.21. The van der Waals surface area contributed by atoms with Crippen LogP contribution in [0.1, 0.15) is 22.8 Å². The lowest BCUT2D eigenvalue weighted by Crippen LogP contribution is -2.30. The summed E-state index contributed by atoms with van der Waals surface area (Å²) in [5.41, 5.74) is 0.814. The molecule has 1 atom stereocenters. The summed E-state index contributed by atoms with van der Waals surface area (Å²) in [5.74, 6) is -1.56. The van der Waals surface area contributed by atoms with E-state index in [1.807, 2.05) is 30.3 Å². The first-order valence-electron chi connectivity index (χ1n) is 8.21. The van der Waals surface area contributed by atoms with E-state index in [9.17, 15) is 14.7 Å². The second-order valence-electron chi connectivity index (χ2n) is 5.95. The van der Waals surface area contributed by atoms with Gasteiger partial charge in [0.1, 0.15) is 11.3 Å². The van der Waals surface area contributed by atoms with Crippen molar-refractivity contribution in [3.63, 3.8) is 0 Å². The molecule has 0 fully saturated rings. The molecule has 3 aromatic rings. The minimum atomic E-state index is -1.09. The van der Waals surface area contributed by atoms with Crippen molar-refractivity contribution in [2.75, 3.05) is 5.32 Å². The number of hydrogen-bond acceptors (Lipinski definition) is 5. The lowest BCUT2D eigenvalue weighted by atomic mass is 10.1. The van der Waals surface area contributed by atoms with Crippen molar-refractivity contribution in [1.82, 2.24) is 0 Å². The Kier molecular flexibility index (Phi) is 5.04. The van der Waals surface area contributed by atoms with E-state index >= 15 is 0 Å². The fourth-order valence-electron chi connectivity index (χ4n) is 2.58. The van der Waals surface area contributed by atoms with Crippen molar-refractivity contribution in [3.8, 4) is 11.8 Å². The Labute approximate surface area is 155 Å². The fourth-order valence-corrected chi connectivity index (χ4v) is 2.58. The molecule has 0 unspecified atom stereocenters. The van der Waals surface area contributed by atoms with Crippen molar-refractivity contribution in [1.29, 1.82) is 5.26 Å². The predicted molar refractivity (Wildman–Crippen MR) is 100 cm³/mol. The van der Waals surface area contributed by atoms with E-state index in [4.69, 9.17) is 10.00 Å². The standard InChI is InChI=1S/C21H16N2O4/c1-13(20(25)23-17-8-4-5-14(9-17)12-22)27-21(26)18-10-15-6-2-3-7-16(15)11-19(18)24/h2-11,13,24H,1H3,(H,23,25)/t13-/m0/s1. The van der Waals surface area contributed by atoms with Gasteiger partial charge in [0.15, 0.2) is 6.10 Å². The number of amides is 1. The molecular formula is C21H16N2O4. The summed E-state index contributed by atoms with van der Waals surface area (Å²) >= 11 is 0. The van der Waals surface area contributed by atoms with Crippen LogP contribution in [0, 0.1) is 11.3 Å². The van der Waals surface area contributed by atoms with E-state index in [0.717, 1.165) is 10.8 Å². The molecule has 134 valence electrons. The van der Waals surface area contributed by atoms with Gasteiger partial charge in [0.25, 0.3) is 5.91 Å². The number of aromatic hydroxyl groups is 1. The number of ether oxygens (including phenoxy) is 1. The van der Waals surface area contributed by atoms with Crippen LogP contribution in [0.25, 0.3) is 10.8 Å². The molecule has 1 amide bonds. The Morgan fingerprint density at radius 1 is 1.07 bits per heavy atom. The van der Waals surface area contributed by atoms with Gasteiger partial charge < -0.3 is 15.2 Å². The van der Waals surface area contributed by atoms with Crippen molar-refractivity contribution < 1.29 is 19.4 Å². The van der Waals surface area contributed by atoms with Gasteiger partial charge in [-0.1, -0.05) is 30.3 Å². The number of phenolic OH excluding ortho intramolecular Hbond substituents is 1. The highest BCUT2D eigenvalue weighted by atomic mass is 16.5. The van der Waals surface area contributed by atoms with Gasteiger partial charge in [-0.15, -0.1) is 0 Å². The fraction of sp³-hybridized carbons (Fsp3) is 0.0952. The van der Waals surface area contributed by atoms with Gasteiger partial charge in [-0.25, -0.2) is 4.79 Å².